The fourth-order valence-electron chi connectivity index (χ4n) is 1.57. The number of rotatable bonds is 5. The Kier molecular flexibility index (Phi) is 4.20. The second kappa shape index (κ2) is 6.06. The van der Waals surface area contributed by atoms with E-state index in [0.29, 0.717) is 23.3 Å². The Morgan fingerprint density at radius 1 is 1.00 bits per heavy atom. The van der Waals surface area contributed by atoms with Crippen LogP contribution in [0.5, 0.6) is 23.3 Å². The van der Waals surface area contributed by atoms with E-state index in [1.807, 2.05) is 0 Å². The highest BCUT2D eigenvalue weighted by atomic mass is 16.5. The van der Waals surface area contributed by atoms with E-state index in [1.165, 1.54) is 0 Å². The first-order valence-electron chi connectivity index (χ1n) is 5.73. The lowest BCUT2D eigenvalue weighted by Gasteiger charge is -2.11. The second-order valence-electron chi connectivity index (χ2n) is 3.76. The zero-order chi connectivity index (χ0) is 13.7. The van der Waals surface area contributed by atoms with Gasteiger partial charge in [0.05, 0.1) is 20.8 Å². The summed E-state index contributed by atoms with van der Waals surface area (Å²) in [6.45, 7) is -0.0476. The van der Waals surface area contributed by atoms with Crippen molar-refractivity contribution < 1.29 is 19.3 Å². The van der Waals surface area contributed by atoms with E-state index in [2.05, 4.69) is 4.98 Å². The minimum atomic E-state index is -0.0476. The van der Waals surface area contributed by atoms with Crippen LogP contribution in [0.25, 0.3) is 0 Å². The molecule has 0 aliphatic carbocycles. The van der Waals surface area contributed by atoms with Gasteiger partial charge in [0.1, 0.15) is 0 Å². The largest absolute Gasteiger partial charge is 0.493 e. The molecule has 0 amide bonds. The Hall–Kier alpha value is -2.27. The molecule has 1 aromatic heterocycles. The number of hydrogen-bond donors (Lipinski definition) is 1. The lowest BCUT2D eigenvalue weighted by atomic mass is 10.2. The number of methoxy groups -OCH3 is 2. The molecule has 1 aromatic carbocycles. The Morgan fingerprint density at radius 2 is 1.79 bits per heavy atom. The third kappa shape index (κ3) is 3.14. The Bertz CT molecular complexity index is 557. The summed E-state index contributed by atoms with van der Waals surface area (Å²) in [5.74, 6) is 1.95. The molecule has 5 heteroatoms. The summed E-state index contributed by atoms with van der Waals surface area (Å²) in [7, 11) is 3.09. The van der Waals surface area contributed by atoms with Gasteiger partial charge in [-0.25, -0.2) is 0 Å². The van der Waals surface area contributed by atoms with Gasteiger partial charge in [-0.1, -0.05) is 12.1 Å². The van der Waals surface area contributed by atoms with Gasteiger partial charge in [-0.05, 0) is 17.7 Å². The predicted molar refractivity (Wildman–Crippen MR) is 69.8 cm³/mol. The molecule has 19 heavy (non-hydrogen) atoms. The molecule has 0 saturated carbocycles. The third-order valence-corrected chi connectivity index (χ3v) is 2.53. The van der Waals surface area contributed by atoms with Crippen LogP contribution in [0.2, 0.25) is 0 Å². The molecule has 0 radical (unpaired) electrons. The molecule has 1 N–H and O–H groups in total. The summed E-state index contributed by atoms with van der Waals surface area (Å²) in [6.07, 6.45) is 0. The number of benzene rings is 1. The number of nitrogens with zero attached hydrogens (tertiary/aromatic N) is 1. The molecule has 0 spiro atoms. The number of ether oxygens (including phenoxy) is 3. The van der Waals surface area contributed by atoms with Crippen LogP contribution in [-0.4, -0.2) is 24.3 Å². The van der Waals surface area contributed by atoms with Gasteiger partial charge < -0.3 is 19.3 Å². The van der Waals surface area contributed by atoms with Crippen LogP contribution in [0.3, 0.4) is 0 Å². The van der Waals surface area contributed by atoms with Crippen LogP contribution in [0.4, 0.5) is 0 Å². The topological polar surface area (TPSA) is 60.8 Å². The molecular weight excluding hydrogens is 246 g/mol. The summed E-state index contributed by atoms with van der Waals surface area (Å²) in [4.78, 5) is 4.16. The Labute approximate surface area is 111 Å². The minimum absolute atomic E-state index is 0.0476. The molecule has 0 aliphatic heterocycles. The maximum atomic E-state index is 9.08. The highest BCUT2D eigenvalue weighted by Crippen LogP contribution is 2.32. The van der Waals surface area contributed by atoms with Crippen LogP contribution in [0.15, 0.2) is 36.4 Å². The number of pyridine rings is 1. The smallest absolute Gasteiger partial charge is 0.222 e. The van der Waals surface area contributed by atoms with Crippen molar-refractivity contribution in [2.75, 3.05) is 14.2 Å². The average Bonchev–Trinajstić information content (AvgIpc) is 2.48. The second-order valence-corrected chi connectivity index (χ2v) is 3.76. The van der Waals surface area contributed by atoms with Crippen LogP contribution < -0.4 is 14.2 Å². The van der Waals surface area contributed by atoms with Gasteiger partial charge in [0.2, 0.25) is 11.8 Å². The first-order valence-corrected chi connectivity index (χ1v) is 5.73. The minimum Gasteiger partial charge on any atom is -0.493 e. The third-order valence-electron chi connectivity index (χ3n) is 2.53. The van der Waals surface area contributed by atoms with Crippen molar-refractivity contribution in [2.24, 2.45) is 0 Å². The fraction of sp³-hybridized carbons (Fsp3) is 0.214. The highest BCUT2D eigenvalue weighted by molar-refractivity contribution is 5.44. The van der Waals surface area contributed by atoms with Gasteiger partial charge >= 0.3 is 0 Å². The summed E-state index contributed by atoms with van der Waals surface area (Å²) in [5.41, 5.74) is 0.753. The normalized spacial score (nSPS) is 10.1. The van der Waals surface area contributed by atoms with Gasteiger partial charge in [0, 0.05) is 12.1 Å². The van der Waals surface area contributed by atoms with E-state index in [-0.39, 0.29) is 6.61 Å². The summed E-state index contributed by atoms with van der Waals surface area (Å²) in [6, 6.07) is 10.5. The van der Waals surface area contributed by atoms with Crippen LogP contribution in [0.1, 0.15) is 5.56 Å². The highest BCUT2D eigenvalue weighted by Gasteiger charge is 2.08. The Balaban J connectivity index is 2.26. The molecule has 0 unspecified atom stereocenters. The van der Waals surface area contributed by atoms with Gasteiger partial charge in [0.15, 0.2) is 11.5 Å². The van der Waals surface area contributed by atoms with Crippen molar-refractivity contribution in [3.8, 4) is 23.3 Å². The lowest BCUT2D eigenvalue weighted by Crippen LogP contribution is -1.95. The summed E-state index contributed by atoms with van der Waals surface area (Å²) < 4.78 is 15.9. The quantitative estimate of drug-likeness (QED) is 0.895. The van der Waals surface area contributed by atoms with Gasteiger partial charge in [-0.15, -0.1) is 0 Å². The van der Waals surface area contributed by atoms with Crippen LogP contribution >= 0.6 is 0 Å². The van der Waals surface area contributed by atoms with Gasteiger partial charge in [0.25, 0.3) is 0 Å². The molecule has 0 aliphatic rings. The van der Waals surface area contributed by atoms with Crippen molar-refractivity contribution in [1.82, 2.24) is 4.98 Å². The number of aromatic nitrogens is 1. The zero-order valence-electron chi connectivity index (χ0n) is 10.8. The van der Waals surface area contributed by atoms with Crippen molar-refractivity contribution >= 4 is 0 Å². The SMILES string of the molecule is COc1cccc(Oc2ccc(CO)cc2OC)n1. The van der Waals surface area contributed by atoms with E-state index in [0.717, 1.165) is 5.56 Å². The van der Waals surface area contributed by atoms with Gasteiger partial charge in [-0.2, -0.15) is 4.98 Å². The maximum absolute atomic E-state index is 9.08. The van der Waals surface area contributed by atoms with E-state index in [4.69, 9.17) is 19.3 Å². The summed E-state index contributed by atoms with van der Waals surface area (Å²) in [5, 5.41) is 9.08. The van der Waals surface area contributed by atoms with E-state index in [1.54, 1.807) is 50.6 Å². The molecule has 1 heterocycles. The molecule has 0 atom stereocenters. The lowest BCUT2D eigenvalue weighted by molar-refractivity contribution is 0.280. The molecule has 2 aromatic rings. The molecule has 0 saturated heterocycles. The summed E-state index contributed by atoms with van der Waals surface area (Å²) >= 11 is 0. The molecule has 100 valence electrons. The average molecular weight is 261 g/mol. The molecule has 2 rings (SSSR count). The standard InChI is InChI=1S/C14H15NO4/c1-17-12-8-10(9-16)6-7-11(12)19-14-5-3-4-13(15-14)18-2/h3-8,16H,9H2,1-2H3. The van der Waals surface area contributed by atoms with Crippen molar-refractivity contribution in [1.29, 1.82) is 0 Å². The predicted octanol–water partition coefficient (Wildman–Crippen LogP) is 2.38. The van der Waals surface area contributed by atoms with Crippen molar-refractivity contribution in [2.45, 2.75) is 6.61 Å². The maximum Gasteiger partial charge on any atom is 0.222 e. The fourth-order valence-corrected chi connectivity index (χ4v) is 1.57. The monoisotopic (exact) mass is 261 g/mol. The van der Waals surface area contributed by atoms with Crippen LogP contribution in [0, 0.1) is 0 Å². The molecule has 5 nitrogen and oxygen atoms in total. The molecule has 0 fully saturated rings. The van der Waals surface area contributed by atoms with E-state index < -0.39 is 0 Å². The molecular formula is C14H15NO4. The van der Waals surface area contributed by atoms with Crippen molar-refractivity contribution in [3.05, 3.63) is 42.0 Å². The number of hydrogen-bond acceptors (Lipinski definition) is 5. The van der Waals surface area contributed by atoms with E-state index in [9.17, 15) is 0 Å². The Morgan fingerprint density at radius 3 is 2.47 bits per heavy atom. The number of aliphatic hydroxyl groups excluding tert-OH is 1. The number of aliphatic hydroxyl groups is 1. The van der Waals surface area contributed by atoms with E-state index >= 15 is 0 Å². The van der Waals surface area contributed by atoms with Crippen molar-refractivity contribution in [3.63, 3.8) is 0 Å². The first-order chi connectivity index (χ1) is 9.26. The first kappa shape index (κ1) is 13.2. The zero-order valence-corrected chi connectivity index (χ0v) is 10.8. The molecule has 0 bridgehead atoms. The van der Waals surface area contributed by atoms with Crippen LogP contribution in [-0.2, 0) is 6.61 Å². The van der Waals surface area contributed by atoms with Gasteiger partial charge in [-0.3, -0.25) is 0 Å².